The summed E-state index contributed by atoms with van der Waals surface area (Å²) >= 11 is 0. The first-order valence-electron chi connectivity index (χ1n) is 7.08. The van der Waals surface area contributed by atoms with Crippen molar-refractivity contribution < 1.29 is 4.74 Å². The standard InChI is InChI=1S/C14H29NO/c1-3-5-9-14(4-2,12-15)10-8-13-7-6-11-16-13/h13H,3-12,15H2,1-2H3. The van der Waals surface area contributed by atoms with Gasteiger partial charge in [0.05, 0.1) is 6.10 Å². The van der Waals surface area contributed by atoms with Crippen molar-refractivity contribution in [2.75, 3.05) is 13.2 Å². The van der Waals surface area contributed by atoms with Gasteiger partial charge < -0.3 is 10.5 Å². The summed E-state index contributed by atoms with van der Waals surface area (Å²) < 4.78 is 5.70. The van der Waals surface area contributed by atoms with Crippen LogP contribution in [0.5, 0.6) is 0 Å². The molecule has 0 aromatic heterocycles. The zero-order valence-electron chi connectivity index (χ0n) is 11.1. The maximum atomic E-state index is 6.00. The van der Waals surface area contributed by atoms with Crippen LogP contribution in [-0.2, 0) is 4.74 Å². The van der Waals surface area contributed by atoms with E-state index in [9.17, 15) is 0 Å². The van der Waals surface area contributed by atoms with Crippen molar-refractivity contribution in [2.24, 2.45) is 11.1 Å². The molecule has 96 valence electrons. The van der Waals surface area contributed by atoms with Gasteiger partial charge in [0, 0.05) is 6.61 Å². The molecule has 1 saturated heterocycles. The molecule has 2 atom stereocenters. The number of unbranched alkanes of at least 4 members (excludes halogenated alkanes) is 1. The Labute approximate surface area is 101 Å². The molecule has 0 bridgehead atoms. The van der Waals surface area contributed by atoms with E-state index >= 15 is 0 Å². The van der Waals surface area contributed by atoms with Gasteiger partial charge in [-0.3, -0.25) is 0 Å². The van der Waals surface area contributed by atoms with Crippen molar-refractivity contribution in [3.8, 4) is 0 Å². The van der Waals surface area contributed by atoms with Crippen LogP contribution in [0.2, 0.25) is 0 Å². The molecule has 0 radical (unpaired) electrons. The molecule has 2 unspecified atom stereocenters. The monoisotopic (exact) mass is 227 g/mol. The maximum Gasteiger partial charge on any atom is 0.0576 e. The molecule has 1 aliphatic heterocycles. The largest absolute Gasteiger partial charge is 0.378 e. The third-order valence-corrected chi connectivity index (χ3v) is 4.26. The normalized spacial score (nSPS) is 24.6. The van der Waals surface area contributed by atoms with Crippen molar-refractivity contribution in [1.29, 1.82) is 0 Å². The first-order chi connectivity index (χ1) is 7.76. The van der Waals surface area contributed by atoms with Gasteiger partial charge in [-0.1, -0.05) is 26.7 Å². The minimum Gasteiger partial charge on any atom is -0.378 e. The van der Waals surface area contributed by atoms with E-state index in [2.05, 4.69) is 13.8 Å². The average molecular weight is 227 g/mol. The zero-order valence-corrected chi connectivity index (χ0v) is 11.1. The van der Waals surface area contributed by atoms with Crippen LogP contribution in [0.25, 0.3) is 0 Å². The second-order valence-electron chi connectivity index (χ2n) is 5.33. The Morgan fingerprint density at radius 2 is 2.12 bits per heavy atom. The van der Waals surface area contributed by atoms with Crippen LogP contribution in [0.3, 0.4) is 0 Å². The molecule has 2 N–H and O–H groups in total. The van der Waals surface area contributed by atoms with Crippen LogP contribution in [0.15, 0.2) is 0 Å². The molecular formula is C14H29NO. The third-order valence-electron chi connectivity index (χ3n) is 4.26. The van der Waals surface area contributed by atoms with Crippen LogP contribution in [0, 0.1) is 5.41 Å². The third kappa shape index (κ3) is 4.06. The van der Waals surface area contributed by atoms with E-state index in [1.807, 2.05) is 0 Å². The molecule has 1 aliphatic rings. The van der Waals surface area contributed by atoms with E-state index < -0.39 is 0 Å². The average Bonchev–Trinajstić information content (AvgIpc) is 2.83. The Morgan fingerprint density at radius 3 is 2.62 bits per heavy atom. The summed E-state index contributed by atoms with van der Waals surface area (Å²) in [6.45, 7) is 6.37. The predicted octanol–water partition coefficient (Wildman–Crippen LogP) is 3.49. The summed E-state index contributed by atoms with van der Waals surface area (Å²) in [5, 5.41) is 0. The molecule has 1 rings (SSSR count). The number of hydrogen-bond acceptors (Lipinski definition) is 2. The van der Waals surface area contributed by atoms with Crippen LogP contribution in [0.1, 0.15) is 65.2 Å². The molecule has 1 fully saturated rings. The summed E-state index contributed by atoms with van der Waals surface area (Å²) in [6.07, 6.45) is 10.6. The molecule has 2 heteroatoms. The highest BCUT2D eigenvalue weighted by molar-refractivity contribution is 4.81. The van der Waals surface area contributed by atoms with E-state index in [1.54, 1.807) is 0 Å². The molecule has 0 spiro atoms. The second-order valence-corrected chi connectivity index (χ2v) is 5.33. The summed E-state index contributed by atoms with van der Waals surface area (Å²) in [6, 6.07) is 0. The lowest BCUT2D eigenvalue weighted by molar-refractivity contribution is 0.0849. The van der Waals surface area contributed by atoms with Crippen LogP contribution < -0.4 is 5.73 Å². The van der Waals surface area contributed by atoms with E-state index in [0.717, 1.165) is 13.2 Å². The summed E-state index contributed by atoms with van der Waals surface area (Å²) in [5.74, 6) is 0. The molecule has 0 amide bonds. The summed E-state index contributed by atoms with van der Waals surface area (Å²) in [5.41, 5.74) is 6.39. The van der Waals surface area contributed by atoms with Crippen LogP contribution in [-0.4, -0.2) is 19.3 Å². The minimum atomic E-state index is 0.391. The van der Waals surface area contributed by atoms with Crippen molar-refractivity contribution in [3.05, 3.63) is 0 Å². The van der Waals surface area contributed by atoms with Gasteiger partial charge in [-0.15, -0.1) is 0 Å². The van der Waals surface area contributed by atoms with Gasteiger partial charge in [0.25, 0.3) is 0 Å². The van der Waals surface area contributed by atoms with Gasteiger partial charge in [0.2, 0.25) is 0 Å². The number of rotatable bonds is 8. The molecule has 0 aliphatic carbocycles. The summed E-state index contributed by atoms with van der Waals surface area (Å²) in [7, 11) is 0. The van der Waals surface area contributed by atoms with Crippen molar-refractivity contribution in [1.82, 2.24) is 0 Å². The van der Waals surface area contributed by atoms with Crippen LogP contribution >= 0.6 is 0 Å². The van der Waals surface area contributed by atoms with Gasteiger partial charge in [-0.25, -0.2) is 0 Å². The maximum absolute atomic E-state index is 6.00. The lowest BCUT2D eigenvalue weighted by atomic mass is 9.76. The minimum absolute atomic E-state index is 0.391. The first-order valence-corrected chi connectivity index (χ1v) is 7.08. The van der Waals surface area contributed by atoms with Gasteiger partial charge in [-0.05, 0) is 50.5 Å². The van der Waals surface area contributed by atoms with E-state index in [0.29, 0.717) is 11.5 Å². The Balaban J connectivity index is 2.35. The molecule has 2 nitrogen and oxygen atoms in total. The molecule has 0 aromatic rings. The summed E-state index contributed by atoms with van der Waals surface area (Å²) in [4.78, 5) is 0. The van der Waals surface area contributed by atoms with Crippen molar-refractivity contribution in [3.63, 3.8) is 0 Å². The fraction of sp³-hybridized carbons (Fsp3) is 1.00. The Kier molecular flexibility index (Phi) is 6.37. The molecule has 0 aromatic carbocycles. The van der Waals surface area contributed by atoms with Gasteiger partial charge in [0.1, 0.15) is 0 Å². The Morgan fingerprint density at radius 1 is 1.31 bits per heavy atom. The first kappa shape index (κ1) is 14.0. The predicted molar refractivity (Wildman–Crippen MR) is 69.5 cm³/mol. The lowest BCUT2D eigenvalue weighted by Gasteiger charge is -2.32. The van der Waals surface area contributed by atoms with Gasteiger partial charge >= 0.3 is 0 Å². The van der Waals surface area contributed by atoms with Crippen LogP contribution in [0.4, 0.5) is 0 Å². The highest BCUT2D eigenvalue weighted by atomic mass is 16.5. The van der Waals surface area contributed by atoms with Crippen molar-refractivity contribution >= 4 is 0 Å². The number of ether oxygens (including phenoxy) is 1. The van der Waals surface area contributed by atoms with E-state index in [-0.39, 0.29) is 0 Å². The highest BCUT2D eigenvalue weighted by Gasteiger charge is 2.27. The van der Waals surface area contributed by atoms with Crippen molar-refractivity contribution in [2.45, 2.75) is 71.3 Å². The van der Waals surface area contributed by atoms with Gasteiger partial charge in [-0.2, -0.15) is 0 Å². The second kappa shape index (κ2) is 7.29. The fourth-order valence-electron chi connectivity index (χ4n) is 2.72. The fourth-order valence-corrected chi connectivity index (χ4v) is 2.72. The topological polar surface area (TPSA) is 35.2 Å². The Hall–Kier alpha value is -0.0800. The SMILES string of the molecule is CCCCC(CC)(CN)CCC1CCCO1. The number of nitrogens with two attached hydrogens (primary N) is 1. The quantitative estimate of drug-likeness (QED) is 0.689. The molecule has 16 heavy (non-hydrogen) atoms. The molecule has 1 heterocycles. The zero-order chi connectivity index (χ0) is 11.9. The van der Waals surface area contributed by atoms with E-state index in [4.69, 9.17) is 10.5 Å². The number of hydrogen-bond donors (Lipinski definition) is 1. The van der Waals surface area contributed by atoms with Gasteiger partial charge in [0.15, 0.2) is 0 Å². The Bertz CT molecular complexity index is 172. The highest BCUT2D eigenvalue weighted by Crippen LogP contribution is 2.34. The van der Waals surface area contributed by atoms with E-state index in [1.165, 1.54) is 51.4 Å². The smallest absolute Gasteiger partial charge is 0.0576 e. The molecular weight excluding hydrogens is 198 g/mol. The lowest BCUT2D eigenvalue weighted by Crippen LogP contribution is -2.31. The molecule has 0 saturated carbocycles.